The van der Waals surface area contributed by atoms with E-state index in [0.717, 1.165) is 17.5 Å². The molecule has 20 heavy (non-hydrogen) atoms. The summed E-state index contributed by atoms with van der Waals surface area (Å²) in [5, 5.41) is 0. The van der Waals surface area contributed by atoms with Crippen LogP contribution < -0.4 is 0 Å². The molecule has 104 valence electrons. The largest absolute Gasteiger partial charge is 0.294 e. The van der Waals surface area contributed by atoms with Gasteiger partial charge < -0.3 is 0 Å². The van der Waals surface area contributed by atoms with E-state index >= 15 is 0 Å². The van der Waals surface area contributed by atoms with Gasteiger partial charge in [-0.05, 0) is 42.0 Å². The number of ketones is 1. The number of hydrogen-bond acceptors (Lipinski definition) is 1. The van der Waals surface area contributed by atoms with E-state index in [9.17, 15) is 4.79 Å². The summed E-state index contributed by atoms with van der Waals surface area (Å²) < 4.78 is 0. The van der Waals surface area contributed by atoms with Crippen LogP contribution in [-0.4, -0.2) is 5.78 Å². The predicted octanol–water partition coefficient (Wildman–Crippen LogP) is 4.62. The molecule has 0 heterocycles. The van der Waals surface area contributed by atoms with Crippen LogP contribution in [0.25, 0.3) is 0 Å². The Balaban J connectivity index is 2.15. The normalized spacial score (nSPS) is 10.8. The lowest BCUT2D eigenvalue weighted by Gasteiger charge is -2.08. The summed E-state index contributed by atoms with van der Waals surface area (Å²) in [7, 11) is 0. The molecule has 2 aromatic rings. The number of aryl methyl sites for hydroxylation is 1. The second kappa shape index (κ2) is 6.51. The van der Waals surface area contributed by atoms with Crippen molar-refractivity contribution in [1.29, 1.82) is 0 Å². The third kappa shape index (κ3) is 3.80. The number of benzene rings is 2. The first-order chi connectivity index (χ1) is 9.56. The molecule has 1 heteroatoms. The second-order valence-electron chi connectivity index (χ2n) is 5.82. The molecule has 0 atom stereocenters. The fraction of sp³-hybridized carbons (Fsp3) is 0.316. The second-order valence-corrected chi connectivity index (χ2v) is 5.82. The van der Waals surface area contributed by atoms with Crippen molar-refractivity contribution in [2.24, 2.45) is 5.92 Å². The summed E-state index contributed by atoms with van der Waals surface area (Å²) in [6.07, 6.45) is 1.50. The van der Waals surface area contributed by atoms with Gasteiger partial charge in [-0.2, -0.15) is 0 Å². The molecule has 0 aromatic heterocycles. The first-order valence-corrected chi connectivity index (χ1v) is 7.23. The van der Waals surface area contributed by atoms with Crippen molar-refractivity contribution >= 4 is 5.78 Å². The molecule has 0 fully saturated rings. The fourth-order valence-electron chi connectivity index (χ4n) is 2.43. The van der Waals surface area contributed by atoms with E-state index in [-0.39, 0.29) is 5.78 Å². The Morgan fingerprint density at radius 1 is 1.05 bits per heavy atom. The minimum absolute atomic E-state index is 0.199. The third-order valence-electron chi connectivity index (χ3n) is 3.51. The summed E-state index contributed by atoms with van der Waals surface area (Å²) >= 11 is 0. The maximum absolute atomic E-state index is 12.4. The van der Waals surface area contributed by atoms with Crippen LogP contribution in [0.5, 0.6) is 0 Å². The molecule has 0 saturated heterocycles. The lowest BCUT2D eigenvalue weighted by molar-refractivity contribution is 0.0992. The molecule has 0 saturated carbocycles. The first-order valence-electron chi connectivity index (χ1n) is 7.23. The van der Waals surface area contributed by atoms with Gasteiger partial charge in [0.25, 0.3) is 0 Å². The van der Waals surface area contributed by atoms with Gasteiger partial charge >= 0.3 is 0 Å². The first kappa shape index (κ1) is 14.5. The smallest absolute Gasteiger partial charge is 0.167 e. The van der Waals surface area contributed by atoms with Crippen molar-refractivity contribution < 1.29 is 4.79 Å². The van der Waals surface area contributed by atoms with Crippen molar-refractivity contribution in [3.05, 3.63) is 70.8 Å². The van der Waals surface area contributed by atoms with Gasteiger partial charge in [-0.1, -0.05) is 56.3 Å². The van der Waals surface area contributed by atoms with Crippen molar-refractivity contribution in [2.75, 3.05) is 0 Å². The van der Waals surface area contributed by atoms with Gasteiger partial charge in [0.2, 0.25) is 0 Å². The number of rotatable bonds is 5. The highest BCUT2D eigenvalue weighted by atomic mass is 16.1. The lowest BCUT2D eigenvalue weighted by atomic mass is 9.96. The third-order valence-corrected chi connectivity index (χ3v) is 3.51. The van der Waals surface area contributed by atoms with Gasteiger partial charge in [-0.15, -0.1) is 0 Å². The molecular formula is C19H22O. The van der Waals surface area contributed by atoms with E-state index < -0.39 is 0 Å². The van der Waals surface area contributed by atoms with E-state index in [2.05, 4.69) is 32.9 Å². The van der Waals surface area contributed by atoms with Crippen molar-refractivity contribution in [3.63, 3.8) is 0 Å². The molecule has 0 aliphatic carbocycles. The average Bonchev–Trinajstić information content (AvgIpc) is 2.41. The Morgan fingerprint density at radius 2 is 1.80 bits per heavy atom. The van der Waals surface area contributed by atoms with E-state index in [1.54, 1.807) is 0 Å². The molecule has 1 nitrogen and oxygen atoms in total. The van der Waals surface area contributed by atoms with Crippen LogP contribution in [-0.2, 0) is 12.8 Å². The SMILES string of the molecule is Cc1ccccc1CC(=O)c1cccc(CC(C)C)c1. The number of carbonyl (C=O) groups is 1. The Labute approximate surface area is 121 Å². The van der Waals surface area contributed by atoms with Gasteiger partial charge in [0, 0.05) is 12.0 Å². The van der Waals surface area contributed by atoms with E-state index in [1.165, 1.54) is 11.1 Å². The van der Waals surface area contributed by atoms with Crippen molar-refractivity contribution in [1.82, 2.24) is 0 Å². The van der Waals surface area contributed by atoms with Gasteiger partial charge in [-0.3, -0.25) is 4.79 Å². The Bertz CT molecular complexity index is 596. The van der Waals surface area contributed by atoms with E-state index in [4.69, 9.17) is 0 Å². The van der Waals surface area contributed by atoms with Gasteiger partial charge in [0.1, 0.15) is 0 Å². The quantitative estimate of drug-likeness (QED) is 0.722. The maximum atomic E-state index is 12.4. The average molecular weight is 266 g/mol. The molecule has 0 N–H and O–H groups in total. The number of carbonyl (C=O) groups excluding carboxylic acids is 1. The highest BCUT2D eigenvalue weighted by Gasteiger charge is 2.09. The standard InChI is InChI=1S/C19H22O/c1-14(2)11-16-8-6-10-18(12-16)19(20)13-17-9-5-4-7-15(17)3/h4-10,12,14H,11,13H2,1-3H3. The van der Waals surface area contributed by atoms with Crippen LogP contribution in [0, 0.1) is 12.8 Å². The predicted molar refractivity (Wildman–Crippen MR) is 84.2 cm³/mol. The Kier molecular flexibility index (Phi) is 4.73. The van der Waals surface area contributed by atoms with Crippen LogP contribution in [0.4, 0.5) is 0 Å². The van der Waals surface area contributed by atoms with E-state index in [1.807, 2.05) is 36.4 Å². The summed E-state index contributed by atoms with van der Waals surface area (Å²) in [6.45, 7) is 6.45. The highest BCUT2D eigenvalue weighted by molar-refractivity contribution is 5.97. The molecule has 0 radical (unpaired) electrons. The molecule has 0 bridgehead atoms. The number of hydrogen-bond donors (Lipinski definition) is 0. The van der Waals surface area contributed by atoms with Crippen LogP contribution in [0.3, 0.4) is 0 Å². The fourth-order valence-corrected chi connectivity index (χ4v) is 2.43. The Morgan fingerprint density at radius 3 is 2.50 bits per heavy atom. The van der Waals surface area contributed by atoms with Gasteiger partial charge in [0.05, 0.1) is 0 Å². The zero-order valence-corrected chi connectivity index (χ0v) is 12.5. The topological polar surface area (TPSA) is 17.1 Å². The summed E-state index contributed by atoms with van der Waals surface area (Å²) in [5.74, 6) is 0.807. The van der Waals surface area contributed by atoms with Crippen LogP contribution in [0.15, 0.2) is 48.5 Å². The molecule has 0 spiro atoms. The summed E-state index contributed by atoms with van der Waals surface area (Å²) in [6, 6.07) is 16.1. The number of Topliss-reactive ketones (excluding diaryl/α,β-unsaturated/α-hetero) is 1. The lowest BCUT2D eigenvalue weighted by Crippen LogP contribution is -2.06. The van der Waals surface area contributed by atoms with Gasteiger partial charge in [0.15, 0.2) is 5.78 Å². The molecule has 0 amide bonds. The van der Waals surface area contributed by atoms with E-state index in [0.29, 0.717) is 12.3 Å². The molecule has 0 aliphatic rings. The zero-order chi connectivity index (χ0) is 14.5. The minimum Gasteiger partial charge on any atom is -0.294 e. The monoisotopic (exact) mass is 266 g/mol. The highest BCUT2D eigenvalue weighted by Crippen LogP contribution is 2.15. The zero-order valence-electron chi connectivity index (χ0n) is 12.5. The molecule has 0 aliphatic heterocycles. The molecule has 2 aromatic carbocycles. The molecule has 2 rings (SSSR count). The van der Waals surface area contributed by atoms with Crippen molar-refractivity contribution in [3.8, 4) is 0 Å². The van der Waals surface area contributed by atoms with Gasteiger partial charge in [-0.25, -0.2) is 0 Å². The summed E-state index contributed by atoms with van der Waals surface area (Å²) in [4.78, 5) is 12.4. The summed E-state index contributed by atoms with van der Waals surface area (Å²) in [5.41, 5.74) is 4.37. The molecular weight excluding hydrogens is 244 g/mol. The minimum atomic E-state index is 0.199. The van der Waals surface area contributed by atoms with Crippen LogP contribution >= 0.6 is 0 Å². The van der Waals surface area contributed by atoms with Crippen LogP contribution in [0.2, 0.25) is 0 Å². The Hall–Kier alpha value is -1.89. The maximum Gasteiger partial charge on any atom is 0.167 e. The van der Waals surface area contributed by atoms with Crippen LogP contribution in [0.1, 0.15) is 40.9 Å². The van der Waals surface area contributed by atoms with Crippen molar-refractivity contribution in [2.45, 2.75) is 33.6 Å². The molecule has 0 unspecified atom stereocenters.